The van der Waals surface area contributed by atoms with Gasteiger partial charge < -0.3 is 24.3 Å². The predicted octanol–water partition coefficient (Wildman–Crippen LogP) is 4.39. The van der Waals surface area contributed by atoms with Gasteiger partial charge in [-0.2, -0.15) is 4.98 Å². The third kappa shape index (κ3) is 6.56. The van der Waals surface area contributed by atoms with E-state index < -0.39 is 0 Å². The number of carbonyl (C=O) groups excluding carboxylic acids is 1. The van der Waals surface area contributed by atoms with Gasteiger partial charge in [0.25, 0.3) is 0 Å². The molecule has 0 bridgehead atoms. The molecule has 6 rings (SSSR count). The zero-order valence-corrected chi connectivity index (χ0v) is 23.6. The Morgan fingerprint density at radius 3 is 2.41 bits per heavy atom. The summed E-state index contributed by atoms with van der Waals surface area (Å²) in [4.78, 5) is 31.2. The Kier molecular flexibility index (Phi) is 8.50. The number of hydrogen-bond donors (Lipinski definition) is 1. The molecule has 10 nitrogen and oxygen atoms in total. The van der Waals surface area contributed by atoms with Crippen LogP contribution in [0.1, 0.15) is 30.1 Å². The number of nitrogens with zero attached hydrogens (tertiary/aromatic N) is 6. The van der Waals surface area contributed by atoms with Gasteiger partial charge in [0, 0.05) is 68.6 Å². The average molecular weight is 556 g/mol. The largest absolute Gasteiger partial charge is 0.379 e. The van der Waals surface area contributed by atoms with Crippen LogP contribution in [0.25, 0.3) is 22.3 Å². The first kappa shape index (κ1) is 27.3. The zero-order valence-electron chi connectivity index (χ0n) is 23.6. The summed E-state index contributed by atoms with van der Waals surface area (Å²) in [5, 5.41) is 3.42. The average Bonchev–Trinajstić information content (AvgIpc) is 3.44. The molecule has 2 aliphatic rings. The van der Waals surface area contributed by atoms with Crippen molar-refractivity contribution in [1.29, 1.82) is 0 Å². The van der Waals surface area contributed by atoms with Gasteiger partial charge in [-0.15, -0.1) is 0 Å². The van der Waals surface area contributed by atoms with Crippen molar-refractivity contribution in [3.05, 3.63) is 60.4 Å². The maximum atomic E-state index is 12.0. The standard InChI is InChI=1S/C31H37N7O3/c1-2-29(39)23-4-7-25(8-5-23)33-30-21-26(34-31(35-30)37-14-18-41-19-15-37)24-6-9-28-27(20-24)32-22-38(28)11-3-10-36-12-16-40-17-13-36/h4-9,20-22H,2-3,10-19H2,1H3,(H,33,34,35). The van der Waals surface area contributed by atoms with Crippen LogP contribution < -0.4 is 10.2 Å². The highest BCUT2D eigenvalue weighted by molar-refractivity contribution is 5.96. The summed E-state index contributed by atoms with van der Waals surface area (Å²) in [6, 6.07) is 15.9. The highest BCUT2D eigenvalue weighted by Gasteiger charge is 2.18. The fourth-order valence-electron chi connectivity index (χ4n) is 5.33. The number of hydrogen-bond acceptors (Lipinski definition) is 9. The molecule has 2 saturated heterocycles. The van der Waals surface area contributed by atoms with Gasteiger partial charge in [0.15, 0.2) is 5.78 Å². The van der Waals surface area contributed by atoms with Crippen molar-refractivity contribution in [1.82, 2.24) is 24.4 Å². The second-order valence-corrected chi connectivity index (χ2v) is 10.5. The number of carbonyl (C=O) groups is 1. The van der Waals surface area contributed by atoms with E-state index in [1.807, 2.05) is 43.6 Å². The fourth-order valence-corrected chi connectivity index (χ4v) is 5.33. The van der Waals surface area contributed by atoms with Gasteiger partial charge in [-0.1, -0.05) is 13.0 Å². The SMILES string of the molecule is CCC(=O)c1ccc(Nc2cc(-c3ccc4c(c3)ncn4CCCN3CCOCC3)nc(N3CCOCC3)n2)cc1. The minimum atomic E-state index is 0.130. The Hall–Kier alpha value is -3.86. The molecule has 2 aromatic carbocycles. The number of anilines is 3. The number of nitrogens with one attached hydrogen (secondary N) is 1. The lowest BCUT2D eigenvalue weighted by atomic mass is 10.1. The quantitative estimate of drug-likeness (QED) is 0.286. The Morgan fingerprint density at radius 1 is 0.902 bits per heavy atom. The summed E-state index contributed by atoms with van der Waals surface area (Å²) in [5.74, 6) is 1.49. The number of imidazole rings is 1. The number of rotatable bonds is 10. The first-order chi connectivity index (χ1) is 20.2. The Bertz CT molecular complexity index is 1480. The molecule has 0 radical (unpaired) electrons. The van der Waals surface area contributed by atoms with Crippen LogP contribution in [-0.2, 0) is 16.0 Å². The molecule has 0 unspecified atom stereocenters. The molecule has 10 heteroatoms. The van der Waals surface area contributed by atoms with Gasteiger partial charge in [-0.05, 0) is 42.8 Å². The molecular formula is C31H37N7O3. The van der Waals surface area contributed by atoms with E-state index in [-0.39, 0.29) is 5.78 Å². The van der Waals surface area contributed by atoms with Crippen molar-refractivity contribution < 1.29 is 14.3 Å². The van der Waals surface area contributed by atoms with Crippen molar-refractivity contribution in [2.24, 2.45) is 0 Å². The van der Waals surface area contributed by atoms with E-state index in [2.05, 4.69) is 37.9 Å². The van der Waals surface area contributed by atoms with E-state index in [0.29, 0.717) is 37.0 Å². The highest BCUT2D eigenvalue weighted by Crippen LogP contribution is 2.28. The molecule has 4 aromatic rings. The number of ether oxygens (including phenoxy) is 2. The Labute approximate surface area is 240 Å². The maximum Gasteiger partial charge on any atom is 0.228 e. The van der Waals surface area contributed by atoms with Crippen LogP contribution in [0.2, 0.25) is 0 Å². The minimum Gasteiger partial charge on any atom is -0.379 e. The number of fused-ring (bicyclic) bond motifs is 1. The van der Waals surface area contributed by atoms with Crippen LogP contribution in [0.5, 0.6) is 0 Å². The van der Waals surface area contributed by atoms with Gasteiger partial charge >= 0.3 is 0 Å². The lowest BCUT2D eigenvalue weighted by molar-refractivity contribution is 0.0369. The van der Waals surface area contributed by atoms with Gasteiger partial charge in [-0.25, -0.2) is 9.97 Å². The number of ketones is 1. The van der Waals surface area contributed by atoms with Crippen LogP contribution in [-0.4, -0.2) is 89.4 Å². The molecule has 0 atom stereocenters. The lowest BCUT2D eigenvalue weighted by Gasteiger charge is -2.27. The number of Topliss-reactive ketones (excluding diaryl/α,β-unsaturated/α-hetero) is 1. The van der Waals surface area contributed by atoms with E-state index in [0.717, 1.165) is 86.9 Å². The first-order valence-electron chi connectivity index (χ1n) is 14.5. The monoisotopic (exact) mass is 555 g/mol. The van der Waals surface area contributed by atoms with E-state index in [1.165, 1.54) is 0 Å². The lowest BCUT2D eigenvalue weighted by Crippen LogP contribution is -2.37. The van der Waals surface area contributed by atoms with E-state index in [4.69, 9.17) is 24.4 Å². The van der Waals surface area contributed by atoms with Gasteiger partial charge in [0.05, 0.1) is 49.5 Å². The summed E-state index contributed by atoms with van der Waals surface area (Å²) in [5.41, 5.74) is 5.46. The third-order valence-electron chi connectivity index (χ3n) is 7.70. The van der Waals surface area contributed by atoms with Crippen LogP contribution in [0.3, 0.4) is 0 Å². The summed E-state index contributed by atoms with van der Waals surface area (Å²) in [6.07, 6.45) is 3.50. The minimum absolute atomic E-state index is 0.130. The molecule has 2 fully saturated rings. The van der Waals surface area contributed by atoms with Crippen LogP contribution in [0.15, 0.2) is 54.9 Å². The second-order valence-electron chi connectivity index (χ2n) is 10.5. The highest BCUT2D eigenvalue weighted by atomic mass is 16.5. The van der Waals surface area contributed by atoms with E-state index >= 15 is 0 Å². The molecule has 0 saturated carbocycles. The van der Waals surface area contributed by atoms with Gasteiger partial charge in [0.2, 0.25) is 5.95 Å². The molecule has 2 aromatic heterocycles. The normalized spacial score (nSPS) is 16.3. The Balaban J connectivity index is 1.24. The second kappa shape index (κ2) is 12.8. The third-order valence-corrected chi connectivity index (χ3v) is 7.70. The van der Waals surface area contributed by atoms with Crippen molar-refractivity contribution in [2.45, 2.75) is 26.3 Å². The molecular weight excluding hydrogens is 518 g/mol. The summed E-state index contributed by atoms with van der Waals surface area (Å²) in [6.45, 7) is 10.3. The van der Waals surface area contributed by atoms with Crippen molar-refractivity contribution >= 4 is 34.3 Å². The zero-order chi connectivity index (χ0) is 28.0. The molecule has 0 spiro atoms. The fraction of sp³-hybridized carbons (Fsp3) is 0.419. The molecule has 1 N–H and O–H groups in total. The maximum absolute atomic E-state index is 12.0. The summed E-state index contributed by atoms with van der Waals surface area (Å²) in [7, 11) is 0. The molecule has 4 heterocycles. The number of morpholine rings is 2. The van der Waals surface area contributed by atoms with E-state index in [1.54, 1.807) is 0 Å². The summed E-state index contributed by atoms with van der Waals surface area (Å²) >= 11 is 0. The molecule has 214 valence electrons. The van der Waals surface area contributed by atoms with Crippen molar-refractivity contribution in [3.8, 4) is 11.3 Å². The Morgan fingerprint density at radius 2 is 1.66 bits per heavy atom. The predicted molar refractivity (Wildman–Crippen MR) is 160 cm³/mol. The molecule has 41 heavy (non-hydrogen) atoms. The van der Waals surface area contributed by atoms with Gasteiger partial charge in [-0.3, -0.25) is 9.69 Å². The summed E-state index contributed by atoms with van der Waals surface area (Å²) < 4.78 is 13.3. The van der Waals surface area contributed by atoms with Crippen LogP contribution in [0, 0.1) is 0 Å². The van der Waals surface area contributed by atoms with E-state index in [9.17, 15) is 4.79 Å². The first-order valence-corrected chi connectivity index (χ1v) is 14.5. The van der Waals surface area contributed by atoms with Crippen LogP contribution in [0.4, 0.5) is 17.5 Å². The van der Waals surface area contributed by atoms with Gasteiger partial charge in [0.1, 0.15) is 5.82 Å². The molecule has 2 aliphatic heterocycles. The van der Waals surface area contributed by atoms with Crippen molar-refractivity contribution in [2.75, 3.05) is 69.4 Å². The number of aryl methyl sites for hydroxylation is 1. The molecule has 0 aliphatic carbocycles. The number of aromatic nitrogens is 4. The van der Waals surface area contributed by atoms with Crippen LogP contribution >= 0.6 is 0 Å². The molecule has 0 amide bonds. The number of benzene rings is 2. The van der Waals surface area contributed by atoms with Crippen molar-refractivity contribution in [3.63, 3.8) is 0 Å². The topological polar surface area (TPSA) is 97.6 Å². The smallest absolute Gasteiger partial charge is 0.228 e.